The standard InChI is InChI=1S/C30H40O4/c1-5-9-15-21(7-3)29(31)33-27-23-17-11-13-19-25(23)28(26-20-14-12-18-24(26)27)34-30(32)22(8-4)16-10-6-2/h11-14,17,19,21-22H,5-10,15-16,18,20H2,1-4H3. The van der Waals surface area contributed by atoms with E-state index in [2.05, 4.69) is 26.0 Å². The van der Waals surface area contributed by atoms with Gasteiger partial charge in [-0.2, -0.15) is 0 Å². The fraction of sp³-hybridized carbons (Fsp3) is 0.533. The highest BCUT2D eigenvalue weighted by atomic mass is 16.5. The fourth-order valence-corrected chi connectivity index (χ4v) is 4.79. The molecule has 3 rings (SSSR count). The first-order chi connectivity index (χ1) is 16.5. The topological polar surface area (TPSA) is 52.6 Å². The van der Waals surface area contributed by atoms with E-state index in [1.54, 1.807) is 0 Å². The first kappa shape index (κ1) is 26.0. The van der Waals surface area contributed by atoms with Gasteiger partial charge in [0.25, 0.3) is 0 Å². The van der Waals surface area contributed by atoms with E-state index in [0.717, 1.165) is 73.3 Å². The zero-order valence-corrected chi connectivity index (χ0v) is 21.3. The van der Waals surface area contributed by atoms with Gasteiger partial charge in [0.1, 0.15) is 11.5 Å². The van der Waals surface area contributed by atoms with E-state index in [1.807, 2.05) is 38.1 Å². The summed E-state index contributed by atoms with van der Waals surface area (Å²) in [6.45, 7) is 8.37. The molecule has 4 nitrogen and oxygen atoms in total. The van der Waals surface area contributed by atoms with E-state index in [1.165, 1.54) is 0 Å². The average molecular weight is 465 g/mol. The smallest absolute Gasteiger partial charge is 0.314 e. The molecule has 0 aromatic heterocycles. The van der Waals surface area contributed by atoms with Crippen molar-refractivity contribution in [3.63, 3.8) is 0 Å². The molecule has 0 bridgehead atoms. The summed E-state index contributed by atoms with van der Waals surface area (Å²) >= 11 is 0. The van der Waals surface area contributed by atoms with Crippen LogP contribution < -0.4 is 9.47 Å². The van der Waals surface area contributed by atoms with E-state index in [-0.39, 0.29) is 23.8 Å². The minimum Gasteiger partial charge on any atom is -0.425 e. The third-order valence-corrected chi connectivity index (χ3v) is 7.01. The Morgan fingerprint density at radius 3 is 1.50 bits per heavy atom. The Balaban J connectivity index is 2.03. The van der Waals surface area contributed by atoms with Gasteiger partial charge in [0, 0.05) is 21.9 Å². The maximum atomic E-state index is 13.1. The van der Waals surface area contributed by atoms with E-state index in [4.69, 9.17) is 9.47 Å². The molecule has 1 aliphatic carbocycles. The van der Waals surface area contributed by atoms with Crippen LogP contribution in [0.5, 0.6) is 11.5 Å². The van der Waals surface area contributed by atoms with Crippen LogP contribution >= 0.6 is 0 Å². The highest BCUT2D eigenvalue weighted by molar-refractivity contribution is 5.99. The number of carbonyl (C=O) groups is 2. The number of ether oxygens (including phenoxy) is 2. The van der Waals surface area contributed by atoms with Crippen molar-refractivity contribution in [2.75, 3.05) is 0 Å². The summed E-state index contributed by atoms with van der Waals surface area (Å²) in [6, 6.07) is 7.83. The van der Waals surface area contributed by atoms with E-state index in [0.29, 0.717) is 24.3 Å². The van der Waals surface area contributed by atoms with Gasteiger partial charge in [-0.3, -0.25) is 9.59 Å². The zero-order chi connectivity index (χ0) is 24.5. The summed E-state index contributed by atoms with van der Waals surface area (Å²) in [7, 11) is 0. The summed E-state index contributed by atoms with van der Waals surface area (Å²) in [6.07, 6.45) is 12.9. The summed E-state index contributed by atoms with van der Waals surface area (Å²) in [5, 5.41) is 1.67. The molecule has 0 N–H and O–H groups in total. The van der Waals surface area contributed by atoms with Crippen molar-refractivity contribution in [2.45, 2.75) is 91.9 Å². The van der Waals surface area contributed by atoms with Crippen LogP contribution in [-0.2, 0) is 22.4 Å². The molecule has 34 heavy (non-hydrogen) atoms. The predicted molar refractivity (Wildman–Crippen MR) is 138 cm³/mol. The second-order valence-corrected chi connectivity index (χ2v) is 9.38. The first-order valence-electron chi connectivity index (χ1n) is 13.2. The SMILES string of the molecule is CCCCC(CC)C(=O)Oc1c2c(c(OC(=O)C(CC)CCCC)c3ccccc13)CC=CC2. The van der Waals surface area contributed by atoms with Gasteiger partial charge in [0.2, 0.25) is 0 Å². The van der Waals surface area contributed by atoms with Crippen LogP contribution in [0, 0.1) is 11.8 Å². The lowest BCUT2D eigenvalue weighted by Gasteiger charge is -2.24. The van der Waals surface area contributed by atoms with E-state index in [9.17, 15) is 9.59 Å². The lowest BCUT2D eigenvalue weighted by atomic mass is 9.90. The lowest BCUT2D eigenvalue weighted by Crippen LogP contribution is -2.23. The molecular weight excluding hydrogens is 424 g/mol. The molecule has 0 saturated heterocycles. The van der Waals surface area contributed by atoms with Crippen LogP contribution in [-0.4, -0.2) is 11.9 Å². The second kappa shape index (κ2) is 12.7. The maximum Gasteiger partial charge on any atom is 0.314 e. The van der Waals surface area contributed by atoms with Crippen molar-refractivity contribution >= 4 is 22.7 Å². The Morgan fingerprint density at radius 2 is 1.15 bits per heavy atom. The first-order valence-corrected chi connectivity index (χ1v) is 13.2. The summed E-state index contributed by atoms with van der Waals surface area (Å²) in [4.78, 5) is 26.3. The maximum absolute atomic E-state index is 13.1. The number of allylic oxidation sites excluding steroid dienone is 2. The molecule has 2 aromatic carbocycles. The molecule has 184 valence electrons. The molecule has 0 spiro atoms. The Bertz CT molecular complexity index is 940. The Hall–Kier alpha value is -2.62. The van der Waals surface area contributed by atoms with Crippen molar-refractivity contribution in [1.82, 2.24) is 0 Å². The van der Waals surface area contributed by atoms with Crippen molar-refractivity contribution in [1.29, 1.82) is 0 Å². The number of unbranched alkanes of at least 4 members (excludes halogenated alkanes) is 2. The van der Waals surface area contributed by atoms with E-state index < -0.39 is 0 Å². The second-order valence-electron chi connectivity index (χ2n) is 9.38. The van der Waals surface area contributed by atoms with Gasteiger partial charge in [-0.25, -0.2) is 0 Å². The van der Waals surface area contributed by atoms with Crippen molar-refractivity contribution in [2.24, 2.45) is 11.8 Å². The minimum atomic E-state index is -0.159. The molecule has 2 atom stereocenters. The highest BCUT2D eigenvalue weighted by Crippen LogP contribution is 2.44. The van der Waals surface area contributed by atoms with Gasteiger partial charge in [-0.15, -0.1) is 0 Å². The molecule has 0 heterocycles. The van der Waals surface area contributed by atoms with Crippen molar-refractivity contribution in [3.8, 4) is 11.5 Å². The molecular formula is C30H40O4. The van der Waals surface area contributed by atoms with Gasteiger partial charge in [0.05, 0.1) is 11.8 Å². The Kier molecular flexibility index (Phi) is 9.74. The number of fused-ring (bicyclic) bond motifs is 2. The monoisotopic (exact) mass is 464 g/mol. The molecule has 1 aliphatic rings. The van der Waals surface area contributed by atoms with Gasteiger partial charge >= 0.3 is 11.9 Å². The summed E-state index contributed by atoms with van der Waals surface area (Å²) in [5.41, 5.74) is 1.92. The molecule has 0 saturated carbocycles. The van der Waals surface area contributed by atoms with Crippen LogP contribution in [0.2, 0.25) is 0 Å². The largest absolute Gasteiger partial charge is 0.425 e. The van der Waals surface area contributed by atoms with Crippen LogP contribution in [0.3, 0.4) is 0 Å². The van der Waals surface area contributed by atoms with Crippen LogP contribution in [0.25, 0.3) is 10.8 Å². The normalized spacial score (nSPS) is 14.5. The lowest BCUT2D eigenvalue weighted by molar-refractivity contribution is -0.140. The highest BCUT2D eigenvalue weighted by Gasteiger charge is 2.28. The molecule has 0 radical (unpaired) electrons. The molecule has 2 unspecified atom stereocenters. The molecule has 0 amide bonds. The minimum absolute atomic E-state index is 0.102. The predicted octanol–water partition coefficient (Wildman–Crippen LogP) is 7.74. The van der Waals surface area contributed by atoms with Gasteiger partial charge in [-0.05, 0) is 38.5 Å². The van der Waals surface area contributed by atoms with Gasteiger partial charge < -0.3 is 9.47 Å². The molecule has 0 aliphatic heterocycles. The average Bonchev–Trinajstić information content (AvgIpc) is 2.86. The quantitative estimate of drug-likeness (QED) is 0.183. The number of carbonyl (C=O) groups excluding carboxylic acids is 2. The molecule has 4 heteroatoms. The summed E-state index contributed by atoms with van der Waals surface area (Å²) in [5.74, 6) is 0.742. The van der Waals surface area contributed by atoms with Crippen LogP contribution in [0.15, 0.2) is 36.4 Å². The molecule has 2 aromatic rings. The third-order valence-electron chi connectivity index (χ3n) is 7.01. The van der Waals surface area contributed by atoms with Gasteiger partial charge in [0.15, 0.2) is 0 Å². The molecule has 0 fully saturated rings. The zero-order valence-electron chi connectivity index (χ0n) is 21.3. The van der Waals surface area contributed by atoms with E-state index >= 15 is 0 Å². The van der Waals surface area contributed by atoms with Crippen molar-refractivity contribution in [3.05, 3.63) is 47.5 Å². The van der Waals surface area contributed by atoms with Gasteiger partial charge in [-0.1, -0.05) is 89.8 Å². The summed E-state index contributed by atoms with van der Waals surface area (Å²) < 4.78 is 12.3. The van der Waals surface area contributed by atoms with Crippen LogP contribution in [0.4, 0.5) is 0 Å². The number of esters is 2. The Morgan fingerprint density at radius 1 is 0.735 bits per heavy atom. The van der Waals surface area contributed by atoms with Crippen LogP contribution in [0.1, 0.15) is 90.2 Å². The number of benzene rings is 2. The third kappa shape index (κ3) is 5.89. The number of hydrogen-bond donors (Lipinski definition) is 0. The number of hydrogen-bond acceptors (Lipinski definition) is 4. The van der Waals surface area contributed by atoms with Crippen molar-refractivity contribution < 1.29 is 19.1 Å². The fourth-order valence-electron chi connectivity index (χ4n) is 4.79. The Labute approximate surface area is 204 Å². The number of rotatable bonds is 12.